The van der Waals surface area contributed by atoms with Gasteiger partial charge in [-0.2, -0.15) is 13.2 Å². The van der Waals surface area contributed by atoms with Gasteiger partial charge in [-0.3, -0.25) is 9.59 Å². The minimum absolute atomic E-state index is 0.0237. The second-order valence-corrected chi connectivity index (χ2v) is 9.45. The highest BCUT2D eigenvalue weighted by Gasteiger charge is 2.49. The van der Waals surface area contributed by atoms with Crippen LogP contribution in [0.15, 0.2) is 18.5 Å². The molecule has 2 aliphatic heterocycles. The van der Waals surface area contributed by atoms with Gasteiger partial charge in [0.2, 0.25) is 5.91 Å². The Labute approximate surface area is 196 Å². The van der Waals surface area contributed by atoms with Crippen molar-refractivity contribution in [1.29, 1.82) is 0 Å². The van der Waals surface area contributed by atoms with E-state index in [0.717, 1.165) is 31.6 Å². The molecule has 2 N–H and O–H groups in total. The molecule has 180 valence electrons. The van der Waals surface area contributed by atoms with Gasteiger partial charge in [0, 0.05) is 45.1 Å². The summed E-state index contributed by atoms with van der Waals surface area (Å²) in [5, 5.41) is 10.5. The van der Waals surface area contributed by atoms with Crippen molar-refractivity contribution >= 4 is 40.6 Å². The highest BCUT2D eigenvalue weighted by atomic mass is 35.5. The maximum atomic E-state index is 13.0. The van der Waals surface area contributed by atoms with Crippen LogP contribution in [-0.2, 0) is 28.6 Å². The fourth-order valence-corrected chi connectivity index (χ4v) is 5.13. The Morgan fingerprint density at radius 1 is 1.30 bits per heavy atom. The van der Waals surface area contributed by atoms with Crippen molar-refractivity contribution in [3.8, 4) is 0 Å². The van der Waals surface area contributed by atoms with Gasteiger partial charge in [-0.25, -0.2) is 9.78 Å². The van der Waals surface area contributed by atoms with Crippen molar-refractivity contribution in [1.82, 2.24) is 19.8 Å². The Kier molecular flexibility index (Phi) is 7.49. The van der Waals surface area contributed by atoms with Crippen LogP contribution in [0.25, 0.3) is 0 Å². The Hall–Kier alpha value is -2.44. The highest BCUT2D eigenvalue weighted by molar-refractivity contribution is 7.18. The maximum absolute atomic E-state index is 13.0. The van der Waals surface area contributed by atoms with Crippen LogP contribution in [0, 0.1) is 0 Å². The van der Waals surface area contributed by atoms with E-state index in [2.05, 4.69) is 14.9 Å². The number of aromatic nitrogens is 2. The van der Waals surface area contributed by atoms with E-state index in [1.165, 1.54) is 17.0 Å². The molecule has 1 spiro atoms. The third-order valence-corrected chi connectivity index (χ3v) is 6.95. The summed E-state index contributed by atoms with van der Waals surface area (Å²) in [4.78, 5) is 41.4. The summed E-state index contributed by atoms with van der Waals surface area (Å²) in [5.41, 5.74) is 1.85. The molecule has 1 unspecified atom stereocenters. The molecule has 8 nitrogen and oxygen atoms in total. The number of ketones is 1. The lowest BCUT2D eigenvalue weighted by Crippen LogP contribution is -2.55. The van der Waals surface area contributed by atoms with Crippen LogP contribution >= 0.6 is 22.9 Å². The average Bonchev–Trinajstić information content (AvgIpc) is 3.48. The number of alkyl halides is 3. The predicted molar refractivity (Wildman–Crippen MR) is 114 cm³/mol. The van der Waals surface area contributed by atoms with Gasteiger partial charge >= 0.3 is 12.1 Å². The van der Waals surface area contributed by atoms with Crippen LogP contribution in [-0.4, -0.2) is 63.0 Å². The second kappa shape index (κ2) is 9.82. The summed E-state index contributed by atoms with van der Waals surface area (Å²) in [6, 6.07) is 3.44. The van der Waals surface area contributed by atoms with Crippen LogP contribution in [0.2, 0.25) is 4.34 Å². The van der Waals surface area contributed by atoms with Crippen molar-refractivity contribution in [3.63, 3.8) is 0 Å². The number of Topliss-reactive ketones (excluding diaryl/α,β-unsaturated/α-hetero) is 1. The first kappa shape index (κ1) is 25.2. The van der Waals surface area contributed by atoms with Gasteiger partial charge in [0.25, 0.3) is 0 Å². The number of nitrogens with one attached hydrogen (secondary N) is 1. The molecule has 0 radical (unpaired) electrons. The number of hydrogen-bond acceptors (Lipinski definition) is 6. The van der Waals surface area contributed by atoms with E-state index >= 15 is 0 Å². The summed E-state index contributed by atoms with van der Waals surface area (Å²) < 4.78 is 34.4. The number of amides is 1. The molecule has 4 rings (SSSR count). The Bertz CT molecular complexity index is 1050. The lowest BCUT2D eigenvalue weighted by molar-refractivity contribution is -0.192. The van der Waals surface area contributed by atoms with E-state index in [-0.39, 0.29) is 30.1 Å². The molecular formula is C20H22ClF3N4O4S. The number of carboxylic acids is 1. The van der Waals surface area contributed by atoms with Gasteiger partial charge in [0.1, 0.15) is 5.54 Å². The smallest absolute Gasteiger partial charge is 0.475 e. The average molecular weight is 507 g/mol. The molecule has 0 aliphatic carbocycles. The molecule has 1 amide bonds. The van der Waals surface area contributed by atoms with E-state index in [1.54, 1.807) is 12.1 Å². The number of carbonyl (C=O) groups excluding carboxylic acids is 2. The number of nitrogens with zero attached hydrogens (tertiary/aromatic N) is 3. The normalized spacial score (nSPS) is 19.7. The molecule has 13 heteroatoms. The minimum Gasteiger partial charge on any atom is -0.475 e. The number of aryl methyl sites for hydroxylation is 1. The van der Waals surface area contributed by atoms with E-state index in [4.69, 9.17) is 21.5 Å². The van der Waals surface area contributed by atoms with Crippen LogP contribution in [0.5, 0.6) is 0 Å². The summed E-state index contributed by atoms with van der Waals surface area (Å²) in [6.07, 6.45) is -1.16. The molecule has 0 saturated carbocycles. The molecule has 0 bridgehead atoms. The van der Waals surface area contributed by atoms with E-state index in [1.807, 2.05) is 18.3 Å². The van der Waals surface area contributed by atoms with Crippen LogP contribution in [0.1, 0.15) is 40.3 Å². The second-order valence-electron chi connectivity index (χ2n) is 7.73. The number of carboxylic acid groups (broad SMARTS) is 1. The summed E-state index contributed by atoms with van der Waals surface area (Å²) in [7, 11) is 2.00. The topological polar surface area (TPSA) is 105 Å². The molecule has 1 atom stereocenters. The van der Waals surface area contributed by atoms with Gasteiger partial charge in [-0.15, -0.1) is 11.3 Å². The van der Waals surface area contributed by atoms with Gasteiger partial charge in [-0.05, 0) is 25.1 Å². The summed E-state index contributed by atoms with van der Waals surface area (Å²) >= 11 is 7.16. The number of thiophene rings is 1. The van der Waals surface area contributed by atoms with E-state index < -0.39 is 12.1 Å². The SMILES string of the molecule is Cn1cnc2c1CCN(C(=O)CCC(=O)c1ccc(Cl)s1)C21CCNC1.O=C(O)C(F)(F)F. The Balaban J connectivity index is 0.000000383. The van der Waals surface area contributed by atoms with Crippen molar-refractivity contribution in [3.05, 3.63) is 39.1 Å². The number of carbonyl (C=O) groups is 3. The fraction of sp³-hybridized carbons (Fsp3) is 0.500. The van der Waals surface area contributed by atoms with Crippen LogP contribution in [0.3, 0.4) is 0 Å². The number of imidazole rings is 1. The molecule has 33 heavy (non-hydrogen) atoms. The largest absolute Gasteiger partial charge is 0.490 e. The number of halogens is 4. The number of aliphatic carboxylic acids is 1. The first-order chi connectivity index (χ1) is 15.5. The molecule has 0 aromatic carbocycles. The molecule has 2 aliphatic rings. The maximum Gasteiger partial charge on any atom is 0.490 e. The van der Waals surface area contributed by atoms with Crippen molar-refractivity contribution < 1.29 is 32.7 Å². The third kappa shape index (κ3) is 5.39. The van der Waals surface area contributed by atoms with Crippen molar-refractivity contribution in [2.75, 3.05) is 19.6 Å². The zero-order chi connectivity index (χ0) is 24.4. The quantitative estimate of drug-likeness (QED) is 0.618. The first-order valence-electron chi connectivity index (χ1n) is 10.1. The van der Waals surface area contributed by atoms with Crippen LogP contribution < -0.4 is 5.32 Å². The van der Waals surface area contributed by atoms with Gasteiger partial charge in [0.15, 0.2) is 5.78 Å². The zero-order valence-corrected chi connectivity index (χ0v) is 19.2. The summed E-state index contributed by atoms with van der Waals surface area (Å²) in [5.74, 6) is -2.75. The molecule has 1 saturated heterocycles. The predicted octanol–water partition coefficient (Wildman–Crippen LogP) is 3.00. The van der Waals surface area contributed by atoms with Crippen LogP contribution in [0.4, 0.5) is 13.2 Å². The fourth-order valence-electron chi connectivity index (χ4n) is 4.12. The van der Waals surface area contributed by atoms with Gasteiger partial charge < -0.3 is 19.9 Å². The van der Waals surface area contributed by atoms with Crippen molar-refractivity contribution in [2.24, 2.45) is 7.05 Å². The Morgan fingerprint density at radius 2 is 2.00 bits per heavy atom. The standard InChI is InChI=1S/C18H21ClN4O2S.C2HF3O2/c1-22-11-21-17-12(22)6-9-23(18(17)7-8-20-10-18)16(25)5-2-13(24)14-3-4-15(19)26-14;3-2(4,5)1(6)7/h3-4,11,20H,2,5-10H2,1H3;(H,6,7). The molecule has 2 aromatic heterocycles. The Morgan fingerprint density at radius 3 is 2.55 bits per heavy atom. The monoisotopic (exact) mass is 506 g/mol. The lowest BCUT2D eigenvalue weighted by Gasteiger charge is -2.43. The number of fused-ring (bicyclic) bond motifs is 2. The summed E-state index contributed by atoms with van der Waals surface area (Å²) in [6.45, 7) is 2.26. The molecule has 1 fully saturated rings. The van der Waals surface area contributed by atoms with Gasteiger partial charge in [-0.1, -0.05) is 11.6 Å². The van der Waals surface area contributed by atoms with Gasteiger partial charge in [0.05, 0.1) is 21.2 Å². The minimum atomic E-state index is -5.08. The highest BCUT2D eigenvalue weighted by Crippen LogP contribution is 2.39. The molecule has 2 aromatic rings. The molecular weight excluding hydrogens is 485 g/mol. The zero-order valence-electron chi connectivity index (χ0n) is 17.6. The number of rotatable bonds is 4. The van der Waals surface area contributed by atoms with E-state index in [9.17, 15) is 22.8 Å². The molecule has 4 heterocycles. The van der Waals surface area contributed by atoms with Crippen molar-refractivity contribution in [2.45, 2.75) is 37.4 Å². The van der Waals surface area contributed by atoms with E-state index in [0.29, 0.717) is 15.8 Å². The number of hydrogen-bond donors (Lipinski definition) is 2. The first-order valence-corrected chi connectivity index (χ1v) is 11.3. The lowest BCUT2D eigenvalue weighted by atomic mass is 9.85. The third-order valence-electron chi connectivity index (χ3n) is 5.68.